The molecule has 1 N–H and O–H groups in total. The first kappa shape index (κ1) is 18.3. The maximum atomic E-state index is 11.6. The van der Waals surface area contributed by atoms with E-state index in [1.54, 1.807) is 12.1 Å². The summed E-state index contributed by atoms with van der Waals surface area (Å²) in [5, 5.41) is 3.26. The van der Waals surface area contributed by atoms with E-state index in [-0.39, 0.29) is 23.5 Å². The molecule has 0 saturated carbocycles. The lowest BCUT2D eigenvalue weighted by atomic mass is 10.1. The van der Waals surface area contributed by atoms with Crippen LogP contribution in [-0.2, 0) is 9.47 Å². The van der Waals surface area contributed by atoms with E-state index in [2.05, 4.69) is 14.8 Å². The normalized spacial score (nSPS) is 16.5. The summed E-state index contributed by atoms with van der Waals surface area (Å²) in [5.41, 5.74) is 0.528. The second-order valence-corrected chi connectivity index (χ2v) is 4.90. The van der Waals surface area contributed by atoms with Gasteiger partial charge in [0.2, 0.25) is 0 Å². The molecular formula is C15H20ClNO5. The molecule has 122 valence electrons. The first-order valence-electron chi connectivity index (χ1n) is 6.79. The summed E-state index contributed by atoms with van der Waals surface area (Å²) in [4.78, 5) is 23.3. The van der Waals surface area contributed by atoms with Gasteiger partial charge in [0.25, 0.3) is 0 Å². The van der Waals surface area contributed by atoms with Crippen molar-refractivity contribution in [1.82, 2.24) is 5.32 Å². The molecular weight excluding hydrogens is 310 g/mol. The molecule has 0 aliphatic carbocycles. The molecule has 0 spiro atoms. The van der Waals surface area contributed by atoms with E-state index in [1.807, 2.05) is 0 Å². The summed E-state index contributed by atoms with van der Waals surface area (Å²) in [6, 6.07) is 4.57. The number of carbonyl (C=O) groups is 2. The van der Waals surface area contributed by atoms with Crippen molar-refractivity contribution < 1.29 is 23.8 Å². The smallest absolute Gasteiger partial charge is 0.338 e. The summed E-state index contributed by atoms with van der Waals surface area (Å²) in [6.45, 7) is 2.45. The van der Waals surface area contributed by atoms with Gasteiger partial charge in [-0.25, -0.2) is 9.59 Å². The average molecular weight is 330 g/mol. The van der Waals surface area contributed by atoms with Gasteiger partial charge in [-0.15, -0.1) is 12.4 Å². The molecule has 22 heavy (non-hydrogen) atoms. The highest BCUT2D eigenvalue weighted by Crippen LogP contribution is 2.20. The van der Waals surface area contributed by atoms with Crippen LogP contribution in [0.4, 0.5) is 0 Å². The maximum absolute atomic E-state index is 11.6. The number of ether oxygens (including phenoxy) is 3. The molecule has 1 saturated heterocycles. The Kier molecular flexibility index (Phi) is 7.14. The predicted molar refractivity (Wildman–Crippen MR) is 82.8 cm³/mol. The summed E-state index contributed by atoms with van der Waals surface area (Å²) in [5.74, 6) is -0.139. The van der Waals surface area contributed by atoms with Crippen LogP contribution in [0, 0.1) is 5.92 Å². The number of carbonyl (C=O) groups excluding carboxylic acids is 2. The third-order valence-corrected chi connectivity index (χ3v) is 3.40. The summed E-state index contributed by atoms with van der Waals surface area (Å²) < 4.78 is 15.1. The SMILES string of the molecule is COC(=O)c1cc(OCC2CCNC2)cc(C(=O)OC)c1.Cl. The molecule has 1 atom stereocenters. The lowest BCUT2D eigenvalue weighted by Crippen LogP contribution is -2.16. The number of rotatable bonds is 5. The van der Waals surface area contributed by atoms with Gasteiger partial charge in [-0.1, -0.05) is 0 Å². The first-order chi connectivity index (χ1) is 10.1. The Bertz CT molecular complexity index is 494. The number of halogens is 1. The molecule has 0 bridgehead atoms. The molecule has 1 heterocycles. The maximum Gasteiger partial charge on any atom is 0.338 e. The minimum Gasteiger partial charge on any atom is -0.493 e. The molecule has 1 aliphatic rings. The third kappa shape index (κ3) is 4.61. The summed E-state index contributed by atoms with van der Waals surface area (Å²) in [7, 11) is 2.58. The molecule has 0 radical (unpaired) electrons. The van der Waals surface area contributed by atoms with Crippen molar-refractivity contribution >= 4 is 24.3 Å². The van der Waals surface area contributed by atoms with E-state index in [4.69, 9.17) is 4.74 Å². The topological polar surface area (TPSA) is 73.9 Å². The zero-order valence-electron chi connectivity index (χ0n) is 12.6. The van der Waals surface area contributed by atoms with Crippen molar-refractivity contribution in [3.05, 3.63) is 29.3 Å². The fourth-order valence-corrected chi connectivity index (χ4v) is 2.22. The third-order valence-electron chi connectivity index (χ3n) is 3.40. The van der Waals surface area contributed by atoms with Gasteiger partial charge in [0.05, 0.1) is 32.0 Å². The van der Waals surface area contributed by atoms with Crippen LogP contribution in [0.1, 0.15) is 27.1 Å². The Morgan fingerprint density at radius 3 is 2.18 bits per heavy atom. The fraction of sp³-hybridized carbons (Fsp3) is 0.467. The Morgan fingerprint density at radius 1 is 1.14 bits per heavy atom. The molecule has 7 heteroatoms. The molecule has 2 rings (SSSR count). The van der Waals surface area contributed by atoms with Gasteiger partial charge in [-0.2, -0.15) is 0 Å². The van der Waals surface area contributed by atoms with Gasteiger partial charge in [0.15, 0.2) is 0 Å². The molecule has 1 aromatic rings. The van der Waals surface area contributed by atoms with Crippen molar-refractivity contribution in [3.63, 3.8) is 0 Å². The highest BCUT2D eigenvalue weighted by atomic mass is 35.5. The molecule has 0 amide bonds. The van der Waals surface area contributed by atoms with E-state index >= 15 is 0 Å². The van der Waals surface area contributed by atoms with Crippen LogP contribution in [0.25, 0.3) is 0 Å². The van der Waals surface area contributed by atoms with Crippen molar-refractivity contribution in [3.8, 4) is 5.75 Å². The first-order valence-corrected chi connectivity index (χ1v) is 6.79. The number of nitrogens with one attached hydrogen (secondary N) is 1. The van der Waals surface area contributed by atoms with Gasteiger partial charge in [0.1, 0.15) is 5.75 Å². The van der Waals surface area contributed by atoms with Crippen LogP contribution in [0.3, 0.4) is 0 Å². The van der Waals surface area contributed by atoms with Gasteiger partial charge >= 0.3 is 11.9 Å². The Labute approximate surface area is 135 Å². The van der Waals surface area contributed by atoms with E-state index in [0.29, 0.717) is 18.3 Å². The average Bonchev–Trinajstić information content (AvgIpc) is 3.04. The monoisotopic (exact) mass is 329 g/mol. The lowest BCUT2D eigenvalue weighted by molar-refractivity contribution is 0.0598. The van der Waals surface area contributed by atoms with Crippen LogP contribution in [-0.4, -0.2) is 45.9 Å². The summed E-state index contributed by atoms with van der Waals surface area (Å²) >= 11 is 0. The molecule has 1 aliphatic heterocycles. The van der Waals surface area contributed by atoms with E-state index in [1.165, 1.54) is 20.3 Å². The summed E-state index contributed by atoms with van der Waals surface area (Å²) in [6.07, 6.45) is 1.06. The fourth-order valence-electron chi connectivity index (χ4n) is 2.22. The van der Waals surface area contributed by atoms with E-state index in [9.17, 15) is 9.59 Å². The van der Waals surface area contributed by atoms with Crippen molar-refractivity contribution in [2.75, 3.05) is 33.9 Å². The Hall–Kier alpha value is -1.79. The van der Waals surface area contributed by atoms with Crippen LogP contribution in [0.2, 0.25) is 0 Å². The number of benzene rings is 1. The van der Waals surface area contributed by atoms with Crippen molar-refractivity contribution in [2.45, 2.75) is 6.42 Å². The van der Waals surface area contributed by atoms with Crippen molar-refractivity contribution in [1.29, 1.82) is 0 Å². The van der Waals surface area contributed by atoms with Crippen molar-refractivity contribution in [2.24, 2.45) is 5.92 Å². The zero-order valence-corrected chi connectivity index (χ0v) is 13.4. The standard InChI is InChI=1S/C15H19NO5.ClH/c1-19-14(17)11-5-12(15(18)20-2)7-13(6-11)21-9-10-3-4-16-8-10;/h5-7,10,16H,3-4,8-9H2,1-2H3;1H. The molecule has 0 aromatic heterocycles. The van der Waals surface area contributed by atoms with Gasteiger partial charge in [-0.3, -0.25) is 0 Å². The minimum absolute atomic E-state index is 0. The van der Waals surface area contributed by atoms with Crippen LogP contribution < -0.4 is 10.1 Å². The van der Waals surface area contributed by atoms with E-state index < -0.39 is 11.9 Å². The number of methoxy groups -OCH3 is 2. The van der Waals surface area contributed by atoms with Gasteiger partial charge in [0, 0.05) is 12.5 Å². The Balaban J connectivity index is 0.00000242. The van der Waals surface area contributed by atoms with E-state index in [0.717, 1.165) is 19.5 Å². The molecule has 6 nitrogen and oxygen atoms in total. The molecule has 1 unspecified atom stereocenters. The second-order valence-electron chi connectivity index (χ2n) is 4.90. The second kappa shape index (κ2) is 8.60. The van der Waals surface area contributed by atoms with Crippen LogP contribution in [0.5, 0.6) is 5.75 Å². The predicted octanol–water partition coefficient (Wildman–Crippen LogP) is 1.67. The highest BCUT2D eigenvalue weighted by molar-refractivity contribution is 5.96. The highest BCUT2D eigenvalue weighted by Gasteiger charge is 2.17. The minimum atomic E-state index is -0.520. The van der Waals surface area contributed by atoms with Gasteiger partial charge in [-0.05, 0) is 31.2 Å². The number of hydrogen-bond acceptors (Lipinski definition) is 6. The number of hydrogen-bond donors (Lipinski definition) is 1. The lowest BCUT2D eigenvalue weighted by Gasteiger charge is -2.12. The van der Waals surface area contributed by atoms with Crippen LogP contribution >= 0.6 is 12.4 Å². The molecule has 1 fully saturated rings. The molecule has 1 aromatic carbocycles. The zero-order chi connectivity index (χ0) is 15.2. The van der Waals surface area contributed by atoms with Crippen LogP contribution in [0.15, 0.2) is 18.2 Å². The number of esters is 2. The van der Waals surface area contributed by atoms with Gasteiger partial charge < -0.3 is 19.5 Å². The largest absolute Gasteiger partial charge is 0.493 e. The quantitative estimate of drug-likeness (QED) is 0.828. The Morgan fingerprint density at radius 2 is 1.73 bits per heavy atom.